The molecule has 0 N–H and O–H groups in total. The molecular formula is C24H25F2N3O. The maximum absolute atomic E-state index is 14.7. The van der Waals surface area contributed by atoms with Crippen LogP contribution in [-0.2, 0) is 0 Å². The van der Waals surface area contributed by atoms with Crippen molar-refractivity contribution in [2.45, 2.75) is 13.8 Å². The molecule has 0 radical (unpaired) electrons. The van der Waals surface area contributed by atoms with Gasteiger partial charge in [-0.25, -0.2) is 8.78 Å². The normalized spacial score (nSPS) is 14.9. The molecule has 1 aliphatic rings. The summed E-state index contributed by atoms with van der Waals surface area (Å²) in [4.78, 5) is 17.5. The van der Waals surface area contributed by atoms with E-state index in [0.717, 1.165) is 31.3 Å². The first kappa shape index (κ1) is 20.3. The lowest BCUT2D eigenvalue weighted by Gasteiger charge is -2.34. The number of hydrogen-bond acceptors (Lipinski definition) is 2. The van der Waals surface area contributed by atoms with Crippen molar-refractivity contribution in [1.29, 1.82) is 0 Å². The van der Waals surface area contributed by atoms with Gasteiger partial charge in [0.25, 0.3) is 5.91 Å². The molecule has 1 aliphatic heterocycles. The average molecular weight is 409 g/mol. The Hall–Kier alpha value is -2.99. The molecular weight excluding hydrogens is 384 g/mol. The summed E-state index contributed by atoms with van der Waals surface area (Å²) in [7, 11) is 0. The number of piperazine rings is 1. The highest BCUT2D eigenvalue weighted by molar-refractivity contribution is 5.97. The van der Waals surface area contributed by atoms with Crippen LogP contribution in [0.15, 0.2) is 54.6 Å². The number of carbonyl (C=O) groups excluding carboxylic acids is 1. The van der Waals surface area contributed by atoms with E-state index in [1.807, 2.05) is 48.2 Å². The van der Waals surface area contributed by atoms with Crippen LogP contribution in [-0.4, -0.2) is 53.0 Å². The van der Waals surface area contributed by atoms with Crippen LogP contribution < -0.4 is 0 Å². The van der Waals surface area contributed by atoms with Crippen LogP contribution in [0.3, 0.4) is 0 Å². The molecule has 30 heavy (non-hydrogen) atoms. The van der Waals surface area contributed by atoms with E-state index < -0.39 is 11.6 Å². The molecule has 4 rings (SSSR count). The van der Waals surface area contributed by atoms with Gasteiger partial charge in [-0.3, -0.25) is 4.79 Å². The van der Waals surface area contributed by atoms with Crippen molar-refractivity contribution in [3.8, 4) is 16.9 Å². The fourth-order valence-electron chi connectivity index (χ4n) is 4.06. The third-order valence-corrected chi connectivity index (χ3v) is 5.80. The van der Waals surface area contributed by atoms with Crippen molar-refractivity contribution in [3.63, 3.8) is 0 Å². The molecule has 2 heterocycles. The Kier molecular flexibility index (Phi) is 5.68. The summed E-state index contributed by atoms with van der Waals surface area (Å²) in [6.45, 7) is 7.93. The minimum atomic E-state index is -0.665. The molecule has 3 aromatic rings. The van der Waals surface area contributed by atoms with Crippen LogP contribution in [0.1, 0.15) is 23.0 Å². The molecule has 2 aromatic carbocycles. The van der Waals surface area contributed by atoms with E-state index in [2.05, 4.69) is 11.8 Å². The van der Waals surface area contributed by atoms with E-state index in [0.29, 0.717) is 30.0 Å². The molecule has 1 fully saturated rings. The fraction of sp³-hybridized carbons (Fsp3) is 0.292. The molecule has 1 amide bonds. The molecule has 0 spiro atoms. The first-order valence-electron chi connectivity index (χ1n) is 10.2. The number of nitrogens with zero attached hydrogens (tertiary/aromatic N) is 3. The number of hydrogen-bond donors (Lipinski definition) is 0. The molecule has 156 valence electrons. The lowest BCUT2D eigenvalue weighted by Crippen LogP contribution is -2.48. The van der Waals surface area contributed by atoms with E-state index >= 15 is 0 Å². The summed E-state index contributed by atoms with van der Waals surface area (Å²) in [5.74, 6) is -1.35. The van der Waals surface area contributed by atoms with Gasteiger partial charge < -0.3 is 14.4 Å². The van der Waals surface area contributed by atoms with Crippen LogP contribution in [0.2, 0.25) is 0 Å². The standard InChI is InChI=1S/C24H25F2N3O/c1-3-27-11-13-28(14-12-27)24(30)20-16-23(18-7-5-4-6-8-18)29(17(20)2)22-10-9-19(25)15-21(22)26/h4-10,15-16H,3,11-14H2,1-2H3. The number of aromatic nitrogens is 1. The number of halogens is 2. The van der Waals surface area contributed by atoms with Crippen LogP contribution in [0.4, 0.5) is 8.78 Å². The Morgan fingerprint density at radius 3 is 2.30 bits per heavy atom. The molecule has 1 saturated heterocycles. The zero-order valence-corrected chi connectivity index (χ0v) is 17.2. The zero-order valence-electron chi connectivity index (χ0n) is 17.2. The topological polar surface area (TPSA) is 28.5 Å². The van der Waals surface area contributed by atoms with Crippen LogP contribution in [0.25, 0.3) is 16.9 Å². The summed E-state index contributed by atoms with van der Waals surface area (Å²) in [5.41, 5.74) is 2.97. The maximum Gasteiger partial charge on any atom is 0.255 e. The first-order chi connectivity index (χ1) is 14.5. The Balaban J connectivity index is 1.80. The fourth-order valence-corrected chi connectivity index (χ4v) is 4.06. The molecule has 0 atom stereocenters. The summed E-state index contributed by atoms with van der Waals surface area (Å²) in [6, 6.07) is 14.9. The zero-order chi connectivity index (χ0) is 21.3. The number of amides is 1. The Bertz CT molecular complexity index is 1050. The summed E-state index contributed by atoms with van der Waals surface area (Å²) >= 11 is 0. The van der Waals surface area contributed by atoms with Gasteiger partial charge in [-0.1, -0.05) is 37.3 Å². The molecule has 1 aromatic heterocycles. The van der Waals surface area contributed by atoms with E-state index in [-0.39, 0.29) is 11.6 Å². The van der Waals surface area contributed by atoms with Gasteiger partial charge in [-0.2, -0.15) is 0 Å². The van der Waals surface area contributed by atoms with E-state index in [9.17, 15) is 13.6 Å². The highest BCUT2D eigenvalue weighted by Crippen LogP contribution is 2.31. The Morgan fingerprint density at radius 1 is 0.967 bits per heavy atom. The van der Waals surface area contributed by atoms with Gasteiger partial charge >= 0.3 is 0 Å². The second-order valence-electron chi connectivity index (χ2n) is 7.55. The quantitative estimate of drug-likeness (QED) is 0.634. The number of rotatable bonds is 4. The van der Waals surface area contributed by atoms with Crippen molar-refractivity contribution in [2.75, 3.05) is 32.7 Å². The number of benzene rings is 2. The second-order valence-corrected chi connectivity index (χ2v) is 7.55. The highest BCUT2D eigenvalue weighted by Gasteiger charge is 2.26. The minimum absolute atomic E-state index is 0.0540. The van der Waals surface area contributed by atoms with Gasteiger partial charge in [0.2, 0.25) is 0 Å². The Labute approximate surface area is 175 Å². The van der Waals surface area contributed by atoms with Gasteiger partial charge in [-0.15, -0.1) is 0 Å². The van der Waals surface area contributed by atoms with Crippen molar-refractivity contribution in [2.24, 2.45) is 0 Å². The molecule has 0 aliphatic carbocycles. The minimum Gasteiger partial charge on any atom is -0.336 e. The largest absolute Gasteiger partial charge is 0.336 e. The average Bonchev–Trinajstić information content (AvgIpc) is 3.11. The summed E-state index contributed by atoms with van der Waals surface area (Å²) in [6.07, 6.45) is 0. The van der Waals surface area contributed by atoms with Gasteiger partial charge in [0.05, 0.1) is 16.9 Å². The predicted octanol–water partition coefficient (Wildman–Crippen LogP) is 4.51. The molecule has 6 heteroatoms. The van der Waals surface area contributed by atoms with Crippen molar-refractivity contribution in [1.82, 2.24) is 14.4 Å². The third kappa shape index (κ3) is 3.75. The van der Waals surface area contributed by atoms with Gasteiger partial charge in [0, 0.05) is 37.9 Å². The molecule has 4 nitrogen and oxygen atoms in total. The SMILES string of the molecule is CCN1CCN(C(=O)c2cc(-c3ccccc3)n(-c3ccc(F)cc3F)c2C)CC1. The second kappa shape index (κ2) is 8.40. The molecule has 0 saturated carbocycles. The highest BCUT2D eigenvalue weighted by atomic mass is 19.1. The lowest BCUT2D eigenvalue weighted by molar-refractivity contribution is 0.0642. The summed E-state index contributed by atoms with van der Waals surface area (Å²) < 4.78 is 29.9. The van der Waals surface area contributed by atoms with Crippen molar-refractivity contribution >= 4 is 5.91 Å². The first-order valence-corrected chi connectivity index (χ1v) is 10.2. The van der Waals surface area contributed by atoms with E-state index in [4.69, 9.17) is 0 Å². The van der Waals surface area contributed by atoms with Crippen LogP contribution in [0, 0.1) is 18.6 Å². The Morgan fingerprint density at radius 2 is 1.67 bits per heavy atom. The molecule has 0 bridgehead atoms. The summed E-state index contributed by atoms with van der Waals surface area (Å²) in [5, 5.41) is 0. The van der Waals surface area contributed by atoms with Gasteiger partial charge in [0.15, 0.2) is 0 Å². The smallest absolute Gasteiger partial charge is 0.255 e. The number of likely N-dealkylation sites (N-methyl/N-ethyl adjacent to an activating group) is 1. The van der Waals surface area contributed by atoms with Crippen LogP contribution >= 0.6 is 0 Å². The number of carbonyl (C=O) groups is 1. The predicted molar refractivity (Wildman–Crippen MR) is 114 cm³/mol. The van der Waals surface area contributed by atoms with E-state index in [1.54, 1.807) is 4.57 Å². The van der Waals surface area contributed by atoms with Gasteiger partial charge in [-0.05, 0) is 37.2 Å². The monoisotopic (exact) mass is 409 g/mol. The van der Waals surface area contributed by atoms with E-state index in [1.165, 1.54) is 12.1 Å². The van der Waals surface area contributed by atoms with Crippen LogP contribution in [0.5, 0.6) is 0 Å². The molecule has 0 unspecified atom stereocenters. The maximum atomic E-state index is 14.7. The van der Waals surface area contributed by atoms with Gasteiger partial charge in [0.1, 0.15) is 11.6 Å². The van der Waals surface area contributed by atoms with Crippen molar-refractivity contribution < 1.29 is 13.6 Å². The lowest BCUT2D eigenvalue weighted by atomic mass is 10.1. The third-order valence-electron chi connectivity index (χ3n) is 5.80. The van der Waals surface area contributed by atoms with Crippen molar-refractivity contribution in [3.05, 3.63) is 77.5 Å².